The summed E-state index contributed by atoms with van der Waals surface area (Å²) in [5.41, 5.74) is 3.14. The lowest BCUT2D eigenvalue weighted by atomic mass is 9.72. The van der Waals surface area contributed by atoms with E-state index in [1.54, 1.807) is 5.56 Å². The van der Waals surface area contributed by atoms with Gasteiger partial charge in [-0.15, -0.1) is 0 Å². The van der Waals surface area contributed by atoms with Crippen molar-refractivity contribution < 1.29 is 0 Å². The van der Waals surface area contributed by atoms with Crippen LogP contribution in [-0.4, -0.2) is 6.54 Å². The van der Waals surface area contributed by atoms with Crippen LogP contribution in [0.15, 0.2) is 24.3 Å². The summed E-state index contributed by atoms with van der Waals surface area (Å²) in [5.74, 6) is 3.55. The molecule has 1 nitrogen and oxygen atoms in total. The molecule has 19 heavy (non-hydrogen) atoms. The molecule has 1 saturated carbocycles. The second-order valence-electron chi connectivity index (χ2n) is 7.05. The van der Waals surface area contributed by atoms with Gasteiger partial charge in [-0.1, -0.05) is 38.1 Å². The Hall–Kier alpha value is -0.820. The molecule has 1 heterocycles. The molecule has 1 N–H and O–H groups in total. The van der Waals surface area contributed by atoms with Crippen LogP contribution in [0.5, 0.6) is 0 Å². The van der Waals surface area contributed by atoms with Crippen molar-refractivity contribution in [3.8, 4) is 0 Å². The summed E-state index contributed by atoms with van der Waals surface area (Å²) in [5, 5.41) is 3.60. The average Bonchev–Trinajstić information content (AvgIpc) is 2.38. The number of hydrogen-bond donors (Lipinski definition) is 1. The largest absolute Gasteiger partial charge is 0.312 e. The summed E-state index contributed by atoms with van der Waals surface area (Å²) in [7, 11) is 0. The molecule has 1 aliphatic heterocycles. The third-order valence-corrected chi connectivity index (χ3v) is 5.10. The fraction of sp³-hybridized carbons (Fsp3) is 0.667. The van der Waals surface area contributed by atoms with Crippen LogP contribution in [0.1, 0.15) is 56.6 Å². The number of benzene rings is 1. The lowest BCUT2D eigenvalue weighted by Gasteiger charge is -2.35. The second kappa shape index (κ2) is 5.66. The standard InChI is InChI=1S/C18H27N/c1-13-7-14(2)9-15(8-13)10-17-12-19-11-16-5-3-4-6-18(16)17/h3-6,13-15,17,19H,7-12H2,1-2H3. The van der Waals surface area contributed by atoms with E-state index >= 15 is 0 Å². The predicted octanol–water partition coefficient (Wildman–Crippen LogP) is 4.34. The minimum absolute atomic E-state index is 0.743. The van der Waals surface area contributed by atoms with Gasteiger partial charge in [0, 0.05) is 13.1 Å². The van der Waals surface area contributed by atoms with Gasteiger partial charge in [0.05, 0.1) is 0 Å². The Bertz CT molecular complexity index is 415. The van der Waals surface area contributed by atoms with Crippen molar-refractivity contribution in [3.63, 3.8) is 0 Å². The highest BCUT2D eigenvalue weighted by molar-refractivity contribution is 5.32. The van der Waals surface area contributed by atoms with Crippen molar-refractivity contribution in [2.45, 2.75) is 52.0 Å². The first-order chi connectivity index (χ1) is 9.22. The van der Waals surface area contributed by atoms with Crippen LogP contribution in [0.25, 0.3) is 0 Å². The molecule has 3 atom stereocenters. The summed E-state index contributed by atoms with van der Waals surface area (Å²) in [6, 6.07) is 9.04. The van der Waals surface area contributed by atoms with Gasteiger partial charge < -0.3 is 5.32 Å². The third kappa shape index (κ3) is 3.02. The molecule has 3 unspecified atom stereocenters. The Kier molecular flexibility index (Phi) is 3.93. The minimum Gasteiger partial charge on any atom is -0.312 e. The number of rotatable bonds is 2. The zero-order valence-electron chi connectivity index (χ0n) is 12.4. The molecular formula is C18H27N. The van der Waals surface area contributed by atoms with E-state index < -0.39 is 0 Å². The van der Waals surface area contributed by atoms with Crippen molar-refractivity contribution in [1.29, 1.82) is 0 Å². The number of hydrogen-bond acceptors (Lipinski definition) is 1. The van der Waals surface area contributed by atoms with Crippen LogP contribution < -0.4 is 5.32 Å². The van der Waals surface area contributed by atoms with E-state index in [0.717, 1.165) is 30.2 Å². The summed E-state index contributed by atoms with van der Waals surface area (Å²) in [4.78, 5) is 0. The van der Waals surface area contributed by atoms with Crippen LogP contribution in [0, 0.1) is 17.8 Å². The minimum atomic E-state index is 0.743. The molecule has 0 bridgehead atoms. The van der Waals surface area contributed by atoms with Gasteiger partial charge in [0.2, 0.25) is 0 Å². The van der Waals surface area contributed by atoms with Gasteiger partial charge in [-0.05, 0) is 60.5 Å². The summed E-state index contributed by atoms with van der Waals surface area (Å²) < 4.78 is 0. The number of fused-ring (bicyclic) bond motifs is 1. The third-order valence-electron chi connectivity index (χ3n) is 5.10. The van der Waals surface area contributed by atoms with Gasteiger partial charge >= 0.3 is 0 Å². The SMILES string of the molecule is CC1CC(C)CC(CC2CNCc3ccccc32)C1. The quantitative estimate of drug-likeness (QED) is 0.831. The average molecular weight is 257 g/mol. The highest BCUT2D eigenvalue weighted by atomic mass is 14.9. The van der Waals surface area contributed by atoms with E-state index in [0.29, 0.717) is 0 Å². The summed E-state index contributed by atoms with van der Waals surface area (Å²) >= 11 is 0. The van der Waals surface area contributed by atoms with Gasteiger partial charge in [0.25, 0.3) is 0 Å². The van der Waals surface area contributed by atoms with Gasteiger partial charge in [-0.25, -0.2) is 0 Å². The zero-order chi connectivity index (χ0) is 13.2. The molecule has 1 fully saturated rings. The lowest BCUT2D eigenvalue weighted by Crippen LogP contribution is -2.31. The molecule has 1 aliphatic carbocycles. The first-order valence-corrected chi connectivity index (χ1v) is 8.01. The fourth-order valence-electron chi connectivity index (χ4n) is 4.50. The van der Waals surface area contributed by atoms with Gasteiger partial charge in [-0.2, -0.15) is 0 Å². The molecule has 0 aromatic heterocycles. The molecule has 0 radical (unpaired) electrons. The molecule has 0 spiro atoms. The molecule has 0 saturated heterocycles. The van der Waals surface area contributed by atoms with Crippen LogP contribution in [-0.2, 0) is 6.54 Å². The fourth-order valence-corrected chi connectivity index (χ4v) is 4.50. The second-order valence-corrected chi connectivity index (χ2v) is 7.05. The molecule has 2 aliphatic rings. The molecule has 104 valence electrons. The van der Waals surface area contributed by atoms with E-state index in [4.69, 9.17) is 0 Å². The normalized spacial score (nSPS) is 34.8. The van der Waals surface area contributed by atoms with E-state index in [-0.39, 0.29) is 0 Å². The molecule has 1 heteroatoms. The smallest absolute Gasteiger partial charge is 0.0208 e. The van der Waals surface area contributed by atoms with Crippen LogP contribution in [0.2, 0.25) is 0 Å². The van der Waals surface area contributed by atoms with E-state index in [2.05, 4.69) is 43.4 Å². The first-order valence-electron chi connectivity index (χ1n) is 8.01. The first kappa shape index (κ1) is 13.2. The predicted molar refractivity (Wildman–Crippen MR) is 81.2 cm³/mol. The molecule has 1 aromatic rings. The van der Waals surface area contributed by atoms with Crippen molar-refractivity contribution in [3.05, 3.63) is 35.4 Å². The van der Waals surface area contributed by atoms with E-state index in [1.807, 2.05) is 0 Å². The van der Waals surface area contributed by atoms with Crippen molar-refractivity contribution >= 4 is 0 Å². The highest BCUT2D eigenvalue weighted by Gasteiger charge is 2.28. The highest BCUT2D eigenvalue weighted by Crippen LogP contribution is 2.39. The molecule has 1 aromatic carbocycles. The van der Waals surface area contributed by atoms with Crippen LogP contribution in [0.3, 0.4) is 0 Å². The van der Waals surface area contributed by atoms with Crippen molar-refractivity contribution in [1.82, 2.24) is 5.32 Å². The monoisotopic (exact) mass is 257 g/mol. The summed E-state index contributed by atoms with van der Waals surface area (Å²) in [6.45, 7) is 7.12. The summed E-state index contributed by atoms with van der Waals surface area (Å²) in [6.07, 6.45) is 5.72. The lowest BCUT2D eigenvalue weighted by molar-refractivity contribution is 0.199. The Morgan fingerprint density at radius 3 is 2.58 bits per heavy atom. The maximum atomic E-state index is 3.60. The molecular weight excluding hydrogens is 230 g/mol. The van der Waals surface area contributed by atoms with Crippen molar-refractivity contribution in [2.24, 2.45) is 17.8 Å². The Morgan fingerprint density at radius 2 is 1.79 bits per heavy atom. The van der Waals surface area contributed by atoms with Gasteiger partial charge in [0.1, 0.15) is 0 Å². The maximum absolute atomic E-state index is 3.60. The van der Waals surface area contributed by atoms with Crippen LogP contribution >= 0.6 is 0 Å². The maximum Gasteiger partial charge on any atom is 0.0208 e. The Labute approximate surface area is 117 Å². The van der Waals surface area contributed by atoms with Crippen molar-refractivity contribution in [2.75, 3.05) is 6.54 Å². The molecule has 0 amide bonds. The molecule has 3 rings (SSSR count). The number of nitrogens with one attached hydrogen (secondary N) is 1. The van der Waals surface area contributed by atoms with E-state index in [1.165, 1.54) is 37.8 Å². The van der Waals surface area contributed by atoms with Crippen LogP contribution in [0.4, 0.5) is 0 Å². The van der Waals surface area contributed by atoms with E-state index in [9.17, 15) is 0 Å². The Balaban J connectivity index is 1.70. The zero-order valence-corrected chi connectivity index (χ0v) is 12.4. The topological polar surface area (TPSA) is 12.0 Å². The van der Waals surface area contributed by atoms with Gasteiger partial charge in [0.15, 0.2) is 0 Å². The Morgan fingerprint density at radius 1 is 1.05 bits per heavy atom. The van der Waals surface area contributed by atoms with Gasteiger partial charge in [-0.3, -0.25) is 0 Å².